The zero-order valence-electron chi connectivity index (χ0n) is 12.9. The Kier molecular flexibility index (Phi) is 5.86. The molecule has 0 aliphatic rings. The lowest BCUT2D eigenvalue weighted by Crippen LogP contribution is -2.24. The molecule has 0 unspecified atom stereocenters. The van der Waals surface area contributed by atoms with Gasteiger partial charge in [0.05, 0.1) is 6.33 Å². The second-order valence-corrected chi connectivity index (χ2v) is 6.97. The van der Waals surface area contributed by atoms with Gasteiger partial charge >= 0.3 is 0 Å². The molecular weight excluding hydrogens is 326 g/mol. The van der Waals surface area contributed by atoms with E-state index in [1.54, 1.807) is 0 Å². The zero-order chi connectivity index (χ0) is 15.9. The summed E-state index contributed by atoms with van der Waals surface area (Å²) in [4.78, 5) is 7.94. The molecule has 1 aromatic carbocycles. The fraction of sp³-hybridized carbons (Fsp3) is 0.278. The highest BCUT2D eigenvalue weighted by molar-refractivity contribution is 7.09. The van der Waals surface area contributed by atoms with Crippen LogP contribution < -0.4 is 0 Å². The number of hydrogen-bond acceptors (Lipinski definition) is 3. The van der Waals surface area contributed by atoms with E-state index in [4.69, 9.17) is 11.6 Å². The SMILES string of the molecule is Clc1ccccc1CN(CCCn1ccnc1)Cc1cccs1. The molecule has 0 saturated carbocycles. The first kappa shape index (κ1) is 16.2. The number of nitrogens with zero attached hydrogens (tertiary/aromatic N) is 3. The van der Waals surface area contributed by atoms with Crippen molar-refractivity contribution in [3.8, 4) is 0 Å². The molecule has 0 fully saturated rings. The molecule has 3 nitrogen and oxygen atoms in total. The van der Waals surface area contributed by atoms with E-state index >= 15 is 0 Å². The van der Waals surface area contributed by atoms with Crippen molar-refractivity contribution in [3.63, 3.8) is 0 Å². The van der Waals surface area contributed by atoms with Gasteiger partial charge in [-0.2, -0.15) is 0 Å². The zero-order valence-corrected chi connectivity index (χ0v) is 14.5. The predicted molar refractivity (Wildman–Crippen MR) is 96.7 cm³/mol. The lowest BCUT2D eigenvalue weighted by Gasteiger charge is -2.22. The molecule has 0 radical (unpaired) electrons. The van der Waals surface area contributed by atoms with Crippen LogP contribution in [0.25, 0.3) is 0 Å². The van der Waals surface area contributed by atoms with Crippen LogP contribution in [-0.2, 0) is 19.6 Å². The standard InChI is InChI=1S/C18H20ClN3S/c19-18-7-2-1-5-16(18)13-22(14-17-6-3-12-23-17)10-4-9-21-11-8-20-15-21/h1-3,5-8,11-12,15H,4,9-10,13-14H2. The molecule has 0 aliphatic carbocycles. The molecule has 5 heteroatoms. The van der Waals surface area contributed by atoms with Crippen molar-refractivity contribution in [2.45, 2.75) is 26.1 Å². The van der Waals surface area contributed by atoms with E-state index in [9.17, 15) is 0 Å². The van der Waals surface area contributed by atoms with Crippen molar-refractivity contribution < 1.29 is 0 Å². The Morgan fingerprint density at radius 1 is 1.13 bits per heavy atom. The van der Waals surface area contributed by atoms with Crippen LogP contribution in [0.1, 0.15) is 16.9 Å². The lowest BCUT2D eigenvalue weighted by atomic mass is 10.2. The molecule has 120 valence electrons. The van der Waals surface area contributed by atoms with Gasteiger partial charge in [-0.05, 0) is 29.5 Å². The van der Waals surface area contributed by atoms with Gasteiger partial charge in [-0.1, -0.05) is 35.9 Å². The van der Waals surface area contributed by atoms with Crippen LogP contribution in [0.4, 0.5) is 0 Å². The summed E-state index contributed by atoms with van der Waals surface area (Å²) in [7, 11) is 0. The number of imidazole rings is 1. The van der Waals surface area contributed by atoms with Crippen molar-refractivity contribution in [2.24, 2.45) is 0 Å². The fourth-order valence-corrected chi connectivity index (χ4v) is 3.54. The smallest absolute Gasteiger partial charge is 0.0945 e. The Bertz CT molecular complexity index is 695. The first-order valence-electron chi connectivity index (χ1n) is 7.75. The number of thiophene rings is 1. The molecule has 0 spiro atoms. The van der Waals surface area contributed by atoms with E-state index in [0.717, 1.165) is 37.6 Å². The van der Waals surface area contributed by atoms with Gasteiger partial charge in [0.1, 0.15) is 0 Å². The van der Waals surface area contributed by atoms with E-state index in [2.05, 4.69) is 44.1 Å². The van der Waals surface area contributed by atoms with E-state index in [0.29, 0.717) is 0 Å². The van der Waals surface area contributed by atoms with Gasteiger partial charge in [0.2, 0.25) is 0 Å². The van der Waals surface area contributed by atoms with Gasteiger partial charge in [-0.25, -0.2) is 4.98 Å². The molecule has 0 atom stereocenters. The molecule has 3 rings (SSSR count). The van der Waals surface area contributed by atoms with Gasteiger partial charge < -0.3 is 4.57 Å². The van der Waals surface area contributed by atoms with Crippen LogP contribution in [0.15, 0.2) is 60.5 Å². The van der Waals surface area contributed by atoms with Crippen LogP contribution in [0.3, 0.4) is 0 Å². The fourth-order valence-electron chi connectivity index (χ4n) is 2.60. The average Bonchev–Trinajstić information content (AvgIpc) is 3.23. The van der Waals surface area contributed by atoms with E-state index in [-0.39, 0.29) is 0 Å². The van der Waals surface area contributed by atoms with Gasteiger partial charge in [0.15, 0.2) is 0 Å². The molecule has 0 amide bonds. The Hall–Kier alpha value is -1.62. The molecule has 0 aliphatic heterocycles. The minimum atomic E-state index is 0.846. The second-order valence-electron chi connectivity index (χ2n) is 5.54. The summed E-state index contributed by atoms with van der Waals surface area (Å²) in [6.45, 7) is 3.86. The minimum Gasteiger partial charge on any atom is -0.337 e. The predicted octanol–water partition coefficient (Wildman–Crippen LogP) is 4.69. The van der Waals surface area contributed by atoms with Gasteiger partial charge in [0, 0.05) is 48.5 Å². The molecular formula is C18H20ClN3S. The number of benzene rings is 1. The number of halogens is 1. The Labute approximate surface area is 146 Å². The van der Waals surface area contributed by atoms with Gasteiger partial charge in [0.25, 0.3) is 0 Å². The summed E-state index contributed by atoms with van der Waals surface area (Å²) in [5.74, 6) is 0. The van der Waals surface area contributed by atoms with Crippen LogP contribution in [0, 0.1) is 0 Å². The number of hydrogen-bond donors (Lipinski definition) is 0. The highest BCUT2D eigenvalue weighted by Gasteiger charge is 2.10. The van der Waals surface area contributed by atoms with Crippen molar-refractivity contribution in [2.75, 3.05) is 6.54 Å². The topological polar surface area (TPSA) is 21.1 Å². The summed E-state index contributed by atoms with van der Waals surface area (Å²) < 4.78 is 2.12. The molecule has 0 N–H and O–H groups in total. The monoisotopic (exact) mass is 345 g/mol. The molecule has 0 saturated heterocycles. The van der Waals surface area contributed by atoms with E-state index in [1.165, 1.54) is 10.4 Å². The Morgan fingerprint density at radius 3 is 2.78 bits per heavy atom. The quantitative estimate of drug-likeness (QED) is 0.590. The van der Waals surface area contributed by atoms with Crippen molar-refractivity contribution >= 4 is 22.9 Å². The maximum Gasteiger partial charge on any atom is 0.0945 e. The Balaban J connectivity index is 1.62. The number of rotatable bonds is 8. The maximum atomic E-state index is 6.33. The largest absolute Gasteiger partial charge is 0.337 e. The molecule has 0 bridgehead atoms. The van der Waals surface area contributed by atoms with Crippen LogP contribution >= 0.6 is 22.9 Å². The van der Waals surface area contributed by atoms with Crippen LogP contribution in [0.5, 0.6) is 0 Å². The third-order valence-corrected chi connectivity index (χ3v) is 4.99. The highest BCUT2D eigenvalue weighted by atomic mass is 35.5. The van der Waals surface area contributed by atoms with Crippen molar-refractivity contribution in [1.82, 2.24) is 14.5 Å². The maximum absolute atomic E-state index is 6.33. The first-order valence-corrected chi connectivity index (χ1v) is 9.01. The summed E-state index contributed by atoms with van der Waals surface area (Å²) in [5.41, 5.74) is 1.19. The average molecular weight is 346 g/mol. The Morgan fingerprint density at radius 2 is 2.04 bits per heavy atom. The van der Waals surface area contributed by atoms with Crippen LogP contribution in [0.2, 0.25) is 5.02 Å². The second kappa shape index (κ2) is 8.29. The third-order valence-electron chi connectivity index (χ3n) is 3.76. The van der Waals surface area contributed by atoms with Gasteiger partial charge in [-0.15, -0.1) is 11.3 Å². The van der Waals surface area contributed by atoms with E-state index in [1.807, 2.05) is 42.2 Å². The highest BCUT2D eigenvalue weighted by Crippen LogP contribution is 2.20. The van der Waals surface area contributed by atoms with Crippen LogP contribution in [-0.4, -0.2) is 21.0 Å². The third kappa shape index (κ3) is 4.93. The van der Waals surface area contributed by atoms with Crippen molar-refractivity contribution in [1.29, 1.82) is 0 Å². The number of aromatic nitrogens is 2. The summed E-state index contributed by atoms with van der Waals surface area (Å²) in [5, 5.41) is 2.98. The summed E-state index contributed by atoms with van der Waals surface area (Å²) >= 11 is 8.14. The van der Waals surface area contributed by atoms with Crippen molar-refractivity contribution in [3.05, 3.63) is 76.0 Å². The molecule has 2 aromatic heterocycles. The first-order chi connectivity index (χ1) is 11.3. The summed E-state index contributed by atoms with van der Waals surface area (Å²) in [6, 6.07) is 12.4. The minimum absolute atomic E-state index is 0.846. The number of aryl methyl sites for hydroxylation is 1. The molecule has 3 aromatic rings. The lowest BCUT2D eigenvalue weighted by molar-refractivity contribution is 0.250. The van der Waals surface area contributed by atoms with Gasteiger partial charge in [-0.3, -0.25) is 4.90 Å². The molecule has 23 heavy (non-hydrogen) atoms. The molecule has 2 heterocycles. The normalized spacial score (nSPS) is 11.2. The summed E-state index contributed by atoms with van der Waals surface area (Å²) in [6.07, 6.45) is 6.80. The van der Waals surface area contributed by atoms with E-state index < -0.39 is 0 Å².